The predicted molar refractivity (Wildman–Crippen MR) is 77.6 cm³/mol. The quantitative estimate of drug-likeness (QED) is 0.908. The van der Waals surface area contributed by atoms with Crippen LogP contribution < -0.4 is 9.04 Å². The standard InChI is InChI=1S/C14H15NO4S/c1-20(17,18)15-8-12(9-16)19-14-7-11-5-3-2-4-10(11)6-13(14)15/h2-7,12,16H,8-9H2,1H3. The Hall–Kier alpha value is -1.79. The van der Waals surface area contributed by atoms with Crippen LogP contribution in [0.1, 0.15) is 0 Å². The van der Waals surface area contributed by atoms with E-state index in [0.29, 0.717) is 11.4 Å². The summed E-state index contributed by atoms with van der Waals surface area (Å²) in [4.78, 5) is 0. The number of aliphatic hydroxyl groups is 1. The van der Waals surface area contributed by atoms with Crippen molar-refractivity contribution in [2.45, 2.75) is 6.10 Å². The zero-order chi connectivity index (χ0) is 14.3. The summed E-state index contributed by atoms with van der Waals surface area (Å²) < 4.78 is 30.8. The zero-order valence-electron chi connectivity index (χ0n) is 11.0. The molecule has 2 aromatic carbocycles. The summed E-state index contributed by atoms with van der Waals surface area (Å²) in [5, 5.41) is 11.2. The molecule has 3 rings (SSSR count). The fourth-order valence-electron chi connectivity index (χ4n) is 2.41. The van der Waals surface area contributed by atoms with Crippen molar-refractivity contribution in [3.8, 4) is 5.75 Å². The van der Waals surface area contributed by atoms with Crippen molar-refractivity contribution in [2.24, 2.45) is 0 Å². The average molecular weight is 293 g/mol. The molecule has 1 unspecified atom stereocenters. The van der Waals surface area contributed by atoms with Gasteiger partial charge < -0.3 is 9.84 Å². The van der Waals surface area contributed by atoms with Crippen LogP contribution in [0, 0.1) is 0 Å². The number of rotatable bonds is 2. The largest absolute Gasteiger partial charge is 0.484 e. The van der Waals surface area contributed by atoms with Gasteiger partial charge in [0.2, 0.25) is 10.0 Å². The summed E-state index contributed by atoms with van der Waals surface area (Å²) in [7, 11) is -3.41. The third kappa shape index (κ3) is 2.21. The highest BCUT2D eigenvalue weighted by Crippen LogP contribution is 2.38. The van der Waals surface area contributed by atoms with Gasteiger partial charge in [-0.1, -0.05) is 24.3 Å². The topological polar surface area (TPSA) is 66.8 Å². The predicted octanol–water partition coefficient (Wildman–Crippen LogP) is 1.36. The van der Waals surface area contributed by atoms with Crippen molar-refractivity contribution >= 4 is 26.5 Å². The number of sulfonamides is 1. The zero-order valence-corrected chi connectivity index (χ0v) is 11.8. The summed E-state index contributed by atoms with van der Waals surface area (Å²) in [6, 6.07) is 11.3. The SMILES string of the molecule is CS(=O)(=O)N1CC(CO)Oc2cc3ccccc3cc21. The van der Waals surface area contributed by atoms with Gasteiger partial charge in [0.15, 0.2) is 0 Å². The normalized spacial score (nSPS) is 18.7. The van der Waals surface area contributed by atoms with E-state index in [-0.39, 0.29) is 13.2 Å². The summed E-state index contributed by atoms with van der Waals surface area (Å²) in [6.07, 6.45) is 0.615. The highest BCUT2D eigenvalue weighted by Gasteiger charge is 2.31. The molecule has 0 aliphatic carbocycles. The van der Waals surface area contributed by atoms with Gasteiger partial charge in [0.05, 0.1) is 25.1 Å². The molecule has 5 nitrogen and oxygen atoms in total. The molecule has 0 aromatic heterocycles. The molecule has 20 heavy (non-hydrogen) atoms. The van der Waals surface area contributed by atoms with E-state index in [9.17, 15) is 13.5 Å². The van der Waals surface area contributed by atoms with Gasteiger partial charge in [-0.25, -0.2) is 8.42 Å². The number of anilines is 1. The van der Waals surface area contributed by atoms with E-state index in [2.05, 4.69) is 0 Å². The Kier molecular flexibility index (Phi) is 3.07. The molecule has 0 amide bonds. The molecule has 6 heteroatoms. The van der Waals surface area contributed by atoms with Crippen molar-refractivity contribution in [1.29, 1.82) is 0 Å². The highest BCUT2D eigenvalue weighted by molar-refractivity contribution is 7.92. The summed E-state index contributed by atoms with van der Waals surface area (Å²) in [5.41, 5.74) is 0.524. The van der Waals surface area contributed by atoms with Gasteiger partial charge in [0, 0.05) is 0 Å². The molecular formula is C14H15NO4S. The van der Waals surface area contributed by atoms with Crippen LogP contribution in [0.15, 0.2) is 36.4 Å². The minimum absolute atomic E-state index is 0.126. The van der Waals surface area contributed by atoms with Crippen molar-refractivity contribution in [3.05, 3.63) is 36.4 Å². The number of hydrogen-bond donors (Lipinski definition) is 1. The van der Waals surface area contributed by atoms with E-state index in [4.69, 9.17) is 4.74 Å². The first-order valence-electron chi connectivity index (χ1n) is 6.27. The van der Waals surface area contributed by atoms with Crippen LogP contribution in [0.2, 0.25) is 0 Å². The minimum Gasteiger partial charge on any atom is -0.484 e. The maximum atomic E-state index is 11.9. The van der Waals surface area contributed by atoms with Crippen LogP contribution in [-0.4, -0.2) is 39.0 Å². The lowest BCUT2D eigenvalue weighted by Crippen LogP contribution is -2.44. The van der Waals surface area contributed by atoms with Crippen LogP contribution in [0.25, 0.3) is 10.8 Å². The van der Waals surface area contributed by atoms with Crippen molar-refractivity contribution < 1.29 is 18.3 Å². The van der Waals surface area contributed by atoms with E-state index >= 15 is 0 Å². The number of aliphatic hydroxyl groups excluding tert-OH is 1. The Morgan fingerprint density at radius 2 is 1.95 bits per heavy atom. The molecule has 1 N–H and O–H groups in total. The number of hydrogen-bond acceptors (Lipinski definition) is 4. The smallest absolute Gasteiger partial charge is 0.232 e. The molecule has 2 aromatic rings. The molecule has 0 spiro atoms. The summed E-state index contributed by atoms with van der Waals surface area (Å²) in [5.74, 6) is 0.486. The number of fused-ring (bicyclic) bond motifs is 2. The summed E-state index contributed by atoms with van der Waals surface area (Å²) in [6.45, 7) is -0.0983. The van der Waals surface area contributed by atoms with Gasteiger partial charge in [0.1, 0.15) is 11.9 Å². The van der Waals surface area contributed by atoms with E-state index in [1.807, 2.05) is 30.3 Å². The van der Waals surface area contributed by atoms with Gasteiger partial charge in [-0.3, -0.25) is 4.31 Å². The number of ether oxygens (including phenoxy) is 1. The first kappa shape index (κ1) is 13.2. The molecule has 0 saturated heterocycles. The molecular weight excluding hydrogens is 278 g/mol. The lowest BCUT2D eigenvalue weighted by atomic mass is 10.1. The molecule has 0 bridgehead atoms. The Balaban J connectivity index is 2.22. The third-order valence-corrected chi connectivity index (χ3v) is 4.51. The van der Waals surface area contributed by atoms with Crippen molar-refractivity contribution in [3.63, 3.8) is 0 Å². The van der Waals surface area contributed by atoms with E-state index in [0.717, 1.165) is 17.0 Å². The average Bonchev–Trinajstić information content (AvgIpc) is 2.42. The molecule has 106 valence electrons. The van der Waals surface area contributed by atoms with Crippen molar-refractivity contribution in [2.75, 3.05) is 23.7 Å². The third-order valence-electron chi connectivity index (χ3n) is 3.36. The number of nitrogens with zero attached hydrogens (tertiary/aromatic N) is 1. The Labute approximate surface area is 117 Å². The second kappa shape index (κ2) is 4.64. The van der Waals surface area contributed by atoms with Crippen LogP contribution >= 0.6 is 0 Å². The van der Waals surface area contributed by atoms with Gasteiger partial charge in [-0.15, -0.1) is 0 Å². The number of benzene rings is 2. The van der Waals surface area contributed by atoms with Crippen LogP contribution in [-0.2, 0) is 10.0 Å². The molecule has 0 fully saturated rings. The Bertz CT molecular complexity index is 757. The molecule has 1 atom stereocenters. The maximum Gasteiger partial charge on any atom is 0.232 e. The van der Waals surface area contributed by atoms with E-state index < -0.39 is 16.1 Å². The van der Waals surface area contributed by atoms with Crippen LogP contribution in [0.5, 0.6) is 5.75 Å². The van der Waals surface area contributed by atoms with Gasteiger partial charge in [-0.05, 0) is 22.9 Å². The first-order chi connectivity index (χ1) is 9.49. The first-order valence-corrected chi connectivity index (χ1v) is 8.12. The maximum absolute atomic E-state index is 11.9. The van der Waals surface area contributed by atoms with Crippen molar-refractivity contribution in [1.82, 2.24) is 0 Å². The second-order valence-electron chi connectivity index (χ2n) is 4.88. The fourth-order valence-corrected chi connectivity index (χ4v) is 3.34. The second-order valence-corrected chi connectivity index (χ2v) is 6.79. The molecule has 0 saturated carbocycles. The molecule has 1 aliphatic heterocycles. The molecule has 1 heterocycles. The molecule has 0 radical (unpaired) electrons. The van der Waals surface area contributed by atoms with Gasteiger partial charge in [0.25, 0.3) is 0 Å². The monoisotopic (exact) mass is 293 g/mol. The molecule has 1 aliphatic rings. The van der Waals surface area contributed by atoms with Crippen LogP contribution in [0.4, 0.5) is 5.69 Å². The Morgan fingerprint density at radius 1 is 1.30 bits per heavy atom. The van der Waals surface area contributed by atoms with E-state index in [1.165, 1.54) is 4.31 Å². The highest BCUT2D eigenvalue weighted by atomic mass is 32.2. The fraction of sp³-hybridized carbons (Fsp3) is 0.286. The van der Waals surface area contributed by atoms with Gasteiger partial charge in [-0.2, -0.15) is 0 Å². The van der Waals surface area contributed by atoms with Gasteiger partial charge >= 0.3 is 0 Å². The summed E-state index contributed by atoms with van der Waals surface area (Å²) >= 11 is 0. The van der Waals surface area contributed by atoms with E-state index in [1.54, 1.807) is 6.07 Å². The van der Waals surface area contributed by atoms with Crippen LogP contribution in [0.3, 0.4) is 0 Å². The lowest BCUT2D eigenvalue weighted by Gasteiger charge is -2.34. The minimum atomic E-state index is -3.41. The lowest BCUT2D eigenvalue weighted by molar-refractivity contribution is 0.116. The Morgan fingerprint density at radius 3 is 2.55 bits per heavy atom.